The largest absolute Gasteiger partial charge is 0.453 e. The molecule has 0 amide bonds. The third-order valence-electron chi connectivity index (χ3n) is 2.63. The Morgan fingerprint density at radius 2 is 2.11 bits per heavy atom. The van der Waals surface area contributed by atoms with E-state index in [1.54, 1.807) is 25.1 Å². The zero-order valence-corrected chi connectivity index (χ0v) is 11.6. The van der Waals surface area contributed by atoms with Crippen LogP contribution in [0, 0.1) is 10.1 Å². The molecule has 1 aromatic heterocycles. The second-order valence-corrected chi connectivity index (χ2v) is 4.72. The first-order valence-corrected chi connectivity index (χ1v) is 6.39. The molecule has 6 heteroatoms. The molecule has 98 valence electrons. The molecule has 0 aliphatic carbocycles. The molecule has 0 aliphatic heterocycles. The molecule has 5 nitrogen and oxygen atoms in total. The highest BCUT2D eigenvalue weighted by Gasteiger charge is 2.15. The number of benzene rings is 1. The van der Waals surface area contributed by atoms with E-state index < -0.39 is 4.92 Å². The summed E-state index contributed by atoms with van der Waals surface area (Å²) >= 11 is 3.31. The van der Waals surface area contributed by atoms with Gasteiger partial charge in [-0.05, 0) is 18.2 Å². The maximum absolute atomic E-state index is 11.5. The van der Waals surface area contributed by atoms with Gasteiger partial charge in [0.05, 0.1) is 4.92 Å². The summed E-state index contributed by atoms with van der Waals surface area (Å²) in [5, 5.41) is 10.8. The van der Waals surface area contributed by atoms with Crippen molar-refractivity contribution in [3.8, 4) is 11.3 Å². The first kappa shape index (κ1) is 13.5. The number of carbonyl (C=O) groups is 1. The third-order valence-corrected chi connectivity index (χ3v) is 3.32. The quantitative estimate of drug-likeness (QED) is 0.480. The van der Waals surface area contributed by atoms with E-state index in [-0.39, 0.29) is 17.2 Å². The molecule has 0 aliphatic rings. The molecule has 0 unspecified atom stereocenters. The second kappa shape index (κ2) is 5.36. The molecule has 19 heavy (non-hydrogen) atoms. The van der Waals surface area contributed by atoms with Crippen LogP contribution in [-0.2, 0) is 0 Å². The minimum Gasteiger partial charge on any atom is -0.453 e. The van der Waals surface area contributed by atoms with Gasteiger partial charge in [0.25, 0.3) is 5.69 Å². The Hall–Kier alpha value is -1.95. The first-order valence-electron chi connectivity index (χ1n) is 5.60. The molecule has 0 radical (unpaired) electrons. The summed E-state index contributed by atoms with van der Waals surface area (Å²) in [5.74, 6) is 0.580. The molecule has 0 bridgehead atoms. The van der Waals surface area contributed by atoms with E-state index in [4.69, 9.17) is 4.42 Å². The molecule has 2 aromatic rings. The molecule has 0 spiro atoms. The summed E-state index contributed by atoms with van der Waals surface area (Å²) in [6, 6.07) is 7.59. The van der Waals surface area contributed by atoms with E-state index >= 15 is 0 Å². The molecule has 2 rings (SSSR count). The molecular weight excluding hydrogens is 314 g/mol. The van der Waals surface area contributed by atoms with E-state index in [0.717, 1.165) is 0 Å². The topological polar surface area (TPSA) is 73.3 Å². The Morgan fingerprint density at radius 3 is 2.74 bits per heavy atom. The van der Waals surface area contributed by atoms with Crippen LogP contribution in [-0.4, -0.2) is 10.7 Å². The zero-order valence-electron chi connectivity index (χ0n) is 10.1. The Labute approximate surface area is 117 Å². The summed E-state index contributed by atoms with van der Waals surface area (Å²) < 4.78 is 6.11. The van der Waals surface area contributed by atoms with E-state index in [9.17, 15) is 14.9 Å². The van der Waals surface area contributed by atoms with Gasteiger partial charge in [0, 0.05) is 28.6 Å². The molecule has 1 heterocycles. The van der Waals surface area contributed by atoms with Crippen LogP contribution < -0.4 is 0 Å². The normalized spacial score (nSPS) is 10.4. The van der Waals surface area contributed by atoms with Crippen LogP contribution in [0.2, 0.25) is 0 Å². The van der Waals surface area contributed by atoms with Crippen molar-refractivity contribution in [2.45, 2.75) is 13.3 Å². The van der Waals surface area contributed by atoms with Gasteiger partial charge in [-0.3, -0.25) is 14.9 Å². The molecule has 0 atom stereocenters. The summed E-state index contributed by atoms with van der Waals surface area (Å²) in [4.78, 5) is 21.8. The van der Waals surface area contributed by atoms with Crippen LogP contribution >= 0.6 is 15.9 Å². The van der Waals surface area contributed by atoms with E-state index in [2.05, 4.69) is 15.9 Å². The number of halogens is 1. The number of hydrogen-bond donors (Lipinski definition) is 0. The fourth-order valence-corrected chi connectivity index (χ4v) is 2.06. The highest BCUT2D eigenvalue weighted by Crippen LogP contribution is 2.33. The van der Waals surface area contributed by atoms with Gasteiger partial charge >= 0.3 is 0 Å². The highest BCUT2D eigenvalue weighted by atomic mass is 79.9. The van der Waals surface area contributed by atoms with Crippen LogP contribution in [0.1, 0.15) is 23.9 Å². The molecule has 0 saturated heterocycles. The molecular formula is C13H10BrNO4. The van der Waals surface area contributed by atoms with Crippen molar-refractivity contribution in [1.82, 2.24) is 0 Å². The van der Waals surface area contributed by atoms with Crippen molar-refractivity contribution in [2.24, 2.45) is 0 Å². The van der Waals surface area contributed by atoms with Crippen molar-refractivity contribution in [1.29, 1.82) is 0 Å². The predicted molar refractivity (Wildman–Crippen MR) is 73.1 cm³/mol. The van der Waals surface area contributed by atoms with E-state index in [0.29, 0.717) is 22.2 Å². The standard InChI is InChI=1S/C13H10BrNO4/c1-2-11(16)13-6-5-12(19-13)9-7-8(15(17)18)3-4-10(9)14/h3-7H,2H2,1H3. The number of nitrogens with zero attached hydrogens (tertiary/aromatic N) is 1. The molecule has 1 aromatic carbocycles. The first-order chi connectivity index (χ1) is 9.02. The van der Waals surface area contributed by atoms with Crippen molar-refractivity contribution in [3.05, 3.63) is 50.7 Å². The van der Waals surface area contributed by atoms with Gasteiger partial charge in [-0.2, -0.15) is 0 Å². The summed E-state index contributed by atoms with van der Waals surface area (Å²) in [6.45, 7) is 1.74. The number of nitro benzene ring substituents is 1. The van der Waals surface area contributed by atoms with Crippen LogP contribution in [0.25, 0.3) is 11.3 Å². The smallest absolute Gasteiger partial charge is 0.270 e. The summed E-state index contributed by atoms with van der Waals surface area (Å²) in [7, 11) is 0. The van der Waals surface area contributed by atoms with Gasteiger partial charge in [-0.15, -0.1) is 0 Å². The van der Waals surface area contributed by atoms with Gasteiger partial charge in [0.1, 0.15) is 5.76 Å². The monoisotopic (exact) mass is 323 g/mol. The minimum atomic E-state index is -0.475. The fourth-order valence-electron chi connectivity index (χ4n) is 1.62. The lowest BCUT2D eigenvalue weighted by atomic mass is 10.1. The predicted octanol–water partition coefficient (Wildman–Crippen LogP) is 4.21. The van der Waals surface area contributed by atoms with Crippen molar-refractivity contribution < 1.29 is 14.1 Å². The lowest BCUT2D eigenvalue weighted by molar-refractivity contribution is -0.384. The van der Waals surface area contributed by atoms with Crippen LogP contribution in [0.3, 0.4) is 0 Å². The average Bonchev–Trinajstić information content (AvgIpc) is 2.87. The van der Waals surface area contributed by atoms with Gasteiger partial charge in [-0.1, -0.05) is 22.9 Å². The number of Topliss-reactive ketones (excluding diaryl/α,β-unsaturated/α-hetero) is 1. The lowest BCUT2D eigenvalue weighted by Gasteiger charge is -2.01. The summed E-state index contributed by atoms with van der Waals surface area (Å²) in [6.07, 6.45) is 0.350. The van der Waals surface area contributed by atoms with Gasteiger partial charge in [0.2, 0.25) is 0 Å². The molecule has 0 N–H and O–H groups in total. The van der Waals surface area contributed by atoms with Crippen LogP contribution in [0.15, 0.2) is 39.2 Å². The third kappa shape index (κ3) is 2.73. The SMILES string of the molecule is CCC(=O)c1ccc(-c2cc([N+](=O)[O-])ccc2Br)o1. The van der Waals surface area contributed by atoms with Crippen molar-refractivity contribution in [2.75, 3.05) is 0 Å². The fraction of sp³-hybridized carbons (Fsp3) is 0.154. The van der Waals surface area contributed by atoms with Crippen LogP contribution in [0.4, 0.5) is 5.69 Å². The Bertz CT molecular complexity index is 648. The zero-order chi connectivity index (χ0) is 14.0. The Kier molecular flexibility index (Phi) is 3.80. The van der Waals surface area contributed by atoms with Gasteiger partial charge in [-0.25, -0.2) is 0 Å². The Morgan fingerprint density at radius 1 is 1.37 bits per heavy atom. The second-order valence-electron chi connectivity index (χ2n) is 3.86. The number of ketones is 1. The Balaban J connectivity index is 2.46. The molecule has 0 saturated carbocycles. The lowest BCUT2D eigenvalue weighted by Crippen LogP contribution is -1.92. The van der Waals surface area contributed by atoms with Crippen LogP contribution in [0.5, 0.6) is 0 Å². The average molecular weight is 324 g/mol. The van der Waals surface area contributed by atoms with E-state index in [1.807, 2.05) is 0 Å². The summed E-state index contributed by atoms with van der Waals surface area (Å²) in [5.41, 5.74) is 0.516. The maximum Gasteiger partial charge on any atom is 0.270 e. The number of hydrogen-bond acceptors (Lipinski definition) is 4. The number of nitro groups is 1. The van der Waals surface area contributed by atoms with Crippen molar-refractivity contribution >= 4 is 27.4 Å². The minimum absolute atomic E-state index is 0.0297. The highest BCUT2D eigenvalue weighted by molar-refractivity contribution is 9.10. The number of non-ortho nitro benzene ring substituents is 1. The van der Waals surface area contributed by atoms with E-state index in [1.165, 1.54) is 12.1 Å². The maximum atomic E-state index is 11.5. The van der Waals surface area contributed by atoms with Gasteiger partial charge in [0.15, 0.2) is 11.5 Å². The molecule has 0 fully saturated rings. The number of furan rings is 1. The number of rotatable bonds is 4. The number of carbonyl (C=O) groups excluding carboxylic acids is 1. The van der Waals surface area contributed by atoms with Crippen molar-refractivity contribution in [3.63, 3.8) is 0 Å². The van der Waals surface area contributed by atoms with Gasteiger partial charge < -0.3 is 4.42 Å².